The molecule has 1 saturated carbocycles. The molecule has 0 saturated heterocycles. The molecule has 1 heterocycles. The number of hydrogen-bond acceptors (Lipinski definition) is 3. The molecule has 0 aromatic heterocycles. The van der Waals surface area contributed by atoms with Gasteiger partial charge in [-0.15, -0.1) is 0 Å². The summed E-state index contributed by atoms with van der Waals surface area (Å²) in [5, 5.41) is 12.5. The molecule has 2 N–H and O–H groups in total. The minimum Gasteiger partial charge on any atom is -0.480 e. The summed E-state index contributed by atoms with van der Waals surface area (Å²) in [4.78, 5) is 25.3. The number of hydrogen-bond donors (Lipinski definition) is 2. The van der Waals surface area contributed by atoms with Crippen molar-refractivity contribution in [1.82, 2.24) is 10.2 Å². The number of carbonyl (C=O) groups is 2. The Labute approximate surface area is 123 Å². The zero-order chi connectivity index (χ0) is 14.8. The molecule has 1 fully saturated rings. The SMILES string of the molecule is O=C(CCN1CCc2ccccc2C1C(=O)O)NC1CC1. The predicted octanol–water partition coefficient (Wildman–Crippen LogP) is 1.34. The van der Waals surface area contributed by atoms with Crippen molar-refractivity contribution in [3.8, 4) is 0 Å². The average Bonchev–Trinajstić information content (AvgIpc) is 3.28. The monoisotopic (exact) mass is 288 g/mol. The molecule has 1 aromatic carbocycles. The van der Waals surface area contributed by atoms with Crippen LogP contribution < -0.4 is 5.32 Å². The van der Waals surface area contributed by atoms with Crippen LogP contribution in [0.4, 0.5) is 0 Å². The maximum atomic E-state index is 11.8. The van der Waals surface area contributed by atoms with E-state index in [4.69, 9.17) is 0 Å². The first-order chi connectivity index (χ1) is 10.1. The second kappa shape index (κ2) is 5.85. The third-order valence-corrected chi connectivity index (χ3v) is 4.19. The van der Waals surface area contributed by atoms with E-state index in [1.807, 2.05) is 29.2 Å². The molecule has 21 heavy (non-hydrogen) atoms. The lowest BCUT2D eigenvalue weighted by molar-refractivity contribution is -0.144. The molecule has 0 spiro atoms. The molecular weight excluding hydrogens is 268 g/mol. The molecule has 1 amide bonds. The highest BCUT2D eigenvalue weighted by molar-refractivity contribution is 5.78. The van der Waals surface area contributed by atoms with Gasteiger partial charge in [0.05, 0.1) is 0 Å². The Kier molecular flexibility index (Phi) is 3.92. The molecule has 1 atom stereocenters. The van der Waals surface area contributed by atoms with E-state index in [1.165, 1.54) is 0 Å². The fourth-order valence-electron chi connectivity index (χ4n) is 2.92. The van der Waals surface area contributed by atoms with Crippen LogP contribution in [-0.4, -0.2) is 41.0 Å². The lowest BCUT2D eigenvalue weighted by atomic mass is 9.92. The highest BCUT2D eigenvalue weighted by atomic mass is 16.4. The number of carbonyl (C=O) groups excluding carboxylic acids is 1. The predicted molar refractivity (Wildman–Crippen MR) is 77.9 cm³/mol. The van der Waals surface area contributed by atoms with Gasteiger partial charge in [-0.1, -0.05) is 24.3 Å². The summed E-state index contributed by atoms with van der Waals surface area (Å²) in [6.07, 6.45) is 3.34. The first-order valence-corrected chi connectivity index (χ1v) is 7.49. The average molecular weight is 288 g/mol. The van der Waals surface area contributed by atoms with Gasteiger partial charge in [0.25, 0.3) is 0 Å². The zero-order valence-electron chi connectivity index (χ0n) is 11.9. The van der Waals surface area contributed by atoms with Crippen LogP contribution in [0.15, 0.2) is 24.3 Å². The van der Waals surface area contributed by atoms with Crippen LogP contribution in [0.1, 0.15) is 36.4 Å². The summed E-state index contributed by atoms with van der Waals surface area (Å²) < 4.78 is 0. The third-order valence-electron chi connectivity index (χ3n) is 4.19. The highest BCUT2D eigenvalue weighted by Crippen LogP contribution is 2.30. The minimum absolute atomic E-state index is 0.0282. The number of nitrogens with one attached hydrogen (secondary N) is 1. The molecule has 0 bridgehead atoms. The number of benzene rings is 1. The van der Waals surface area contributed by atoms with Crippen LogP contribution in [0.5, 0.6) is 0 Å². The molecule has 1 aliphatic carbocycles. The van der Waals surface area contributed by atoms with E-state index >= 15 is 0 Å². The van der Waals surface area contributed by atoms with Crippen LogP contribution in [0, 0.1) is 0 Å². The number of fused-ring (bicyclic) bond motifs is 1. The van der Waals surface area contributed by atoms with Crippen molar-refractivity contribution in [1.29, 1.82) is 0 Å². The van der Waals surface area contributed by atoms with E-state index in [2.05, 4.69) is 5.32 Å². The van der Waals surface area contributed by atoms with Crippen molar-refractivity contribution < 1.29 is 14.7 Å². The van der Waals surface area contributed by atoms with Gasteiger partial charge in [-0.3, -0.25) is 14.5 Å². The molecule has 0 radical (unpaired) electrons. The van der Waals surface area contributed by atoms with Crippen molar-refractivity contribution in [2.45, 2.75) is 37.8 Å². The molecule has 1 aliphatic heterocycles. The Morgan fingerprint density at radius 3 is 2.76 bits per heavy atom. The quantitative estimate of drug-likeness (QED) is 0.858. The first-order valence-electron chi connectivity index (χ1n) is 7.49. The van der Waals surface area contributed by atoms with Crippen LogP contribution in [-0.2, 0) is 16.0 Å². The van der Waals surface area contributed by atoms with Crippen LogP contribution >= 0.6 is 0 Å². The van der Waals surface area contributed by atoms with Gasteiger partial charge in [0.1, 0.15) is 6.04 Å². The lowest BCUT2D eigenvalue weighted by Gasteiger charge is -2.34. The van der Waals surface area contributed by atoms with E-state index in [0.29, 0.717) is 25.6 Å². The molecule has 1 aromatic rings. The lowest BCUT2D eigenvalue weighted by Crippen LogP contribution is -2.41. The maximum absolute atomic E-state index is 11.8. The second-order valence-electron chi connectivity index (χ2n) is 5.82. The summed E-state index contributed by atoms with van der Waals surface area (Å²) in [5.41, 5.74) is 1.96. The van der Waals surface area contributed by atoms with Gasteiger partial charge in [-0.25, -0.2) is 0 Å². The summed E-state index contributed by atoms with van der Waals surface area (Å²) >= 11 is 0. The molecule has 3 rings (SSSR count). The standard InChI is InChI=1S/C16H20N2O3/c19-14(17-12-5-6-12)8-10-18-9-7-11-3-1-2-4-13(11)15(18)16(20)21/h1-4,12,15H,5-10H2,(H,17,19)(H,20,21). The Bertz CT molecular complexity index is 554. The fraction of sp³-hybridized carbons (Fsp3) is 0.500. The van der Waals surface area contributed by atoms with Gasteiger partial charge in [-0.05, 0) is 30.4 Å². The van der Waals surface area contributed by atoms with Crippen molar-refractivity contribution in [2.24, 2.45) is 0 Å². The third kappa shape index (κ3) is 3.24. The number of aliphatic carboxylic acids is 1. The van der Waals surface area contributed by atoms with Gasteiger partial charge in [0.2, 0.25) is 5.91 Å². The van der Waals surface area contributed by atoms with Crippen molar-refractivity contribution in [3.05, 3.63) is 35.4 Å². The van der Waals surface area contributed by atoms with Gasteiger partial charge < -0.3 is 10.4 Å². The Hall–Kier alpha value is -1.88. The summed E-state index contributed by atoms with van der Waals surface area (Å²) in [6.45, 7) is 1.18. The molecule has 1 unspecified atom stereocenters. The normalized spacial score (nSPS) is 21.6. The van der Waals surface area contributed by atoms with Gasteiger partial charge in [-0.2, -0.15) is 0 Å². The van der Waals surface area contributed by atoms with Crippen LogP contribution in [0.3, 0.4) is 0 Å². The van der Waals surface area contributed by atoms with Crippen molar-refractivity contribution in [3.63, 3.8) is 0 Å². The maximum Gasteiger partial charge on any atom is 0.325 e. The molecule has 2 aliphatic rings. The van der Waals surface area contributed by atoms with E-state index < -0.39 is 12.0 Å². The zero-order valence-corrected chi connectivity index (χ0v) is 11.9. The number of carboxylic acid groups (broad SMARTS) is 1. The van der Waals surface area contributed by atoms with Crippen molar-refractivity contribution >= 4 is 11.9 Å². The number of amides is 1. The second-order valence-corrected chi connectivity index (χ2v) is 5.82. The van der Waals surface area contributed by atoms with E-state index in [9.17, 15) is 14.7 Å². The Morgan fingerprint density at radius 1 is 1.29 bits per heavy atom. The molecular formula is C16H20N2O3. The fourth-order valence-corrected chi connectivity index (χ4v) is 2.92. The van der Waals surface area contributed by atoms with Gasteiger partial charge in [0.15, 0.2) is 0 Å². The first kappa shape index (κ1) is 14.1. The van der Waals surface area contributed by atoms with Gasteiger partial charge >= 0.3 is 5.97 Å². The molecule has 112 valence electrons. The minimum atomic E-state index is -0.843. The van der Waals surface area contributed by atoms with Crippen molar-refractivity contribution in [2.75, 3.05) is 13.1 Å². The Morgan fingerprint density at radius 2 is 2.05 bits per heavy atom. The summed E-state index contributed by atoms with van der Waals surface area (Å²) in [7, 11) is 0. The van der Waals surface area contributed by atoms with Crippen LogP contribution in [0.2, 0.25) is 0 Å². The molecule has 5 heteroatoms. The smallest absolute Gasteiger partial charge is 0.325 e. The summed E-state index contributed by atoms with van der Waals surface area (Å²) in [5.74, 6) is -0.815. The van der Waals surface area contributed by atoms with E-state index in [0.717, 1.165) is 30.4 Å². The van der Waals surface area contributed by atoms with E-state index in [-0.39, 0.29) is 5.91 Å². The topological polar surface area (TPSA) is 69.6 Å². The van der Waals surface area contributed by atoms with E-state index in [1.54, 1.807) is 0 Å². The number of carboxylic acids is 1. The largest absolute Gasteiger partial charge is 0.480 e. The number of rotatable bonds is 5. The van der Waals surface area contributed by atoms with Crippen LogP contribution in [0.25, 0.3) is 0 Å². The summed E-state index contributed by atoms with van der Waals surface area (Å²) in [6, 6.07) is 7.40. The molecule has 5 nitrogen and oxygen atoms in total. The van der Waals surface area contributed by atoms with Gasteiger partial charge in [0, 0.05) is 25.6 Å². The Balaban J connectivity index is 1.67. The number of nitrogens with zero attached hydrogens (tertiary/aromatic N) is 1. The highest BCUT2D eigenvalue weighted by Gasteiger charge is 2.33.